The maximum absolute atomic E-state index is 12.5. The molecule has 1 atom stereocenters. The van der Waals surface area contributed by atoms with E-state index < -0.39 is 41.8 Å². The predicted molar refractivity (Wildman–Crippen MR) is 102 cm³/mol. The summed E-state index contributed by atoms with van der Waals surface area (Å²) >= 11 is 0. The number of carboxylic acid groups (broad SMARTS) is 1. The molecule has 1 saturated heterocycles. The molecule has 0 spiro atoms. The second-order valence-electron chi connectivity index (χ2n) is 6.46. The lowest BCUT2D eigenvalue weighted by Gasteiger charge is -2.32. The minimum Gasteiger partial charge on any atom is -0.479 e. The molecule has 1 aromatic carbocycles. The summed E-state index contributed by atoms with van der Waals surface area (Å²) in [6, 6.07) is 0.832. The number of hydrogen-bond acceptors (Lipinski definition) is 8. The van der Waals surface area contributed by atoms with Crippen molar-refractivity contribution in [3.05, 3.63) is 23.8 Å². The van der Waals surface area contributed by atoms with Crippen LogP contribution in [0.1, 0.15) is 32.4 Å². The minimum atomic E-state index is -1.65. The summed E-state index contributed by atoms with van der Waals surface area (Å²) in [5, 5.41) is 11.7. The van der Waals surface area contributed by atoms with Crippen molar-refractivity contribution in [2.75, 3.05) is 19.6 Å². The molecular formula is C19H21N3O9. The molecule has 0 saturated carbocycles. The van der Waals surface area contributed by atoms with Crippen molar-refractivity contribution in [1.29, 1.82) is 0 Å². The Morgan fingerprint density at radius 3 is 2.19 bits per heavy atom. The average molecular weight is 435 g/mol. The summed E-state index contributed by atoms with van der Waals surface area (Å²) in [6.07, 6.45) is 0. The maximum atomic E-state index is 12.5. The fourth-order valence-electron chi connectivity index (χ4n) is 2.84. The number of piperazine rings is 1. The molecule has 4 amide bonds. The van der Waals surface area contributed by atoms with E-state index in [2.05, 4.69) is 5.32 Å². The van der Waals surface area contributed by atoms with Crippen LogP contribution >= 0.6 is 0 Å². The zero-order valence-electron chi connectivity index (χ0n) is 17.0. The van der Waals surface area contributed by atoms with Gasteiger partial charge in [-0.2, -0.15) is 0 Å². The molecular weight excluding hydrogens is 414 g/mol. The van der Waals surface area contributed by atoms with Crippen molar-refractivity contribution in [3.8, 4) is 11.5 Å². The molecule has 0 unspecified atom stereocenters. The third-order valence-electron chi connectivity index (χ3n) is 4.26. The number of imide groups is 1. The van der Waals surface area contributed by atoms with Crippen molar-refractivity contribution in [2.24, 2.45) is 0 Å². The lowest BCUT2D eigenvalue weighted by molar-refractivity contribution is -0.153. The Balaban J connectivity index is 2.29. The normalized spacial score (nSPS) is 14.7. The van der Waals surface area contributed by atoms with Crippen LogP contribution < -0.4 is 14.8 Å². The second kappa shape index (κ2) is 9.69. The fraction of sp³-hybridized carbons (Fsp3) is 0.368. The molecule has 0 aromatic heterocycles. The summed E-state index contributed by atoms with van der Waals surface area (Å²) in [6.45, 7) is 4.23. The van der Waals surface area contributed by atoms with Gasteiger partial charge in [-0.3, -0.25) is 24.1 Å². The van der Waals surface area contributed by atoms with Gasteiger partial charge in [-0.1, -0.05) is 6.07 Å². The van der Waals surface area contributed by atoms with Gasteiger partial charge in [0.2, 0.25) is 0 Å². The van der Waals surface area contributed by atoms with Crippen LogP contribution in [-0.2, 0) is 24.0 Å². The Morgan fingerprint density at radius 1 is 1.03 bits per heavy atom. The van der Waals surface area contributed by atoms with Gasteiger partial charge in [0.15, 0.2) is 17.5 Å². The highest BCUT2D eigenvalue weighted by atomic mass is 16.6. The molecule has 1 aromatic rings. The van der Waals surface area contributed by atoms with Crippen LogP contribution in [0.2, 0.25) is 0 Å². The van der Waals surface area contributed by atoms with Crippen molar-refractivity contribution in [1.82, 2.24) is 15.1 Å². The first kappa shape index (κ1) is 23.3. The Bertz CT molecular complexity index is 944. The van der Waals surface area contributed by atoms with E-state index in [0.29, 0.717) is 11.4 Å². The van der Waals surface area contributed by atoms with E-state index in [9.17, 15) is 33.9 Å². The molecule has 166 valence electrons. The number of nitrogens with zero attached hydrogens (tertiary/aromatic N) is 2. The first-order valence-electron chi connectivity index (χ1n) is 9.20. The highest BCUT2D eigenvalue weighted by Crippen LogP contribution is 2.31. The van der Waals surface area contributed by atoms with Gasteiger partial charge in [0.05, 0.1) is 0 Å². The molecule has 2 rings (SSSR count). The molecule has 0 aliphatic carbocycles. The smallest absolute Gasteiger partial charge is 0.330 e. The first-order valence-corrected chi connectivity index (χ1v) is 9.20. The van der Waals surface area contributed by atoms with Gasteiger partial charge in [0.25, 0.3) is 0 Å². The summed E-state index contributed by atoms with van der Waals surface area (Å²) in [4.78, 5) is 72.9. The van der Waals surface area contributed by atoms with Crippen molar-refractivity contribution in [2.45, 2.75) is 26.8 Å². The van der Waals surface area contributed by atoms with Gasteiger partial charge in [-0.05, 0) is 24.6 Å². The Labute approximate surface area is 176 Å². The molecule has 12 nitrogen and oxygen atoms in total. The number of hydrogen-bond donors (Lipinski definition) is 2. The number of esters is 2. The number of likely N-dealkylation sites (N-methyl/N-ethyl adjacent to an activating group) is 1. The lowest BCUT2D eigenvalue weighted by Crippen LogP contribution is -2.58. The van der Waals surface area contributed by atoms with Crippen LogP contribution in [0.4, 0.5) is 4.79 Å². The Kier molecular flexibility index (Phi) is 7.29. The zero-order chi connectivity index (χ0) is 23.3. The van der Waals surface area contributed by atoms with Gasteiger partial charge in [0.1, 0.15) is 0 Å². The van der Waals surface area contributed by atoms with Crippen LogP contribution in [-0.4, -0.2) is 70.3 Å². The molecule has 1 fully saturated rings. The summed E-state index contributed by atoms with van der Waals surface area (Å²) in [5.41, 5.74) is -0.0287. The predicted octanol–water partition coefficient (Wildman–Crippen LogP) is 0.0632. The number of rotatable bonds is 6. The number of carboxylic acids is 1. The molecule has 12 heteroatoms. The molecule has 1 aliphatic rings. The number of ether oxygens (including phenoxy) is 2. The third-order valence-corrected chi connectivity index (χ3v) is 4.26. The van der Waals surface area contributed by atoms with Crippen LogP contribution in [0.25, 0.3) is 0 Å². The second-order valence-corrected chi connectivity index (χ2v) is 6.46. The van der Waals surface area contributed by atoms with E-state index in [0.717, 1.165) is 19.9 Å². The SMILES string of the molecule is CCN1CCN(C(=O)N[C@@H](C(=O)O)c2ccc(OC(C)=O)c(OC(C)=O)c2)C(=O)C1=O. The zero-order valence-corrected chi connectivity index (χ0v) is 17.0. The minimum absolute atomic E-state index is 0.0287. The summed E-state index contributed by atoms with van der Waals surface area (Å²) in [7, 11) is 0. The molecule has 2 N–H and O–H groups in total. The summed E-state index contributed by atoms with van der Waals surface area (Å²) < 4.78 is 9.88. The van der Waals surface area contributed by atoms with Crippen molar-refractivity contribution >= 4 is 35.8 Å². The van der Waals surface area contributed by atoms with Crippen LogP contribution in [0, 0.1) is 0 Å². The number of carbonyl (C=O) groups excluding carboxylic acids is 5. The van der Waals surface area contributed by atoms with Gasteiger partial charge < -0.3 is 24.8 Å². The third kappa shape index (κ3) is 5.56. The number of carbonyl (C=O) groups is 6. The molecule has 0 bridgehead atoms. The van der Waals surface area contributed by atoms with E-state index in [4.69, 9.17) is 9.47 Å². The highest BCUT2D eigenvalue weighted by Gasteiger charge is 2.37. The topological polar surface area (TPSA) is 160 Å². The van der Waals surface area contributed by atoms with E-state index in [-0.39, 0.29) is 30.2 Å². The molecule has 0 radical (unpaired) electrons. The largest absolute Gasteiger partial charge is 0.479 e. The van der Waals surface area contributed by atoms with E-state index in [1.54, 1.807) is 6.92 Å². The van der Waals surface area contributed by atoms with Crippen molar-refractivity contribution in [3.63, 3.8) is 0 Å². The quantitative estimate of drug-likeness (QED) is 0.358. The lowest BCUT2D eigenvalue weighted by atomic mass is 10.1. The van der Waals surface area contributed by atoms with Gasteiger partial charge in [-0.25, -0.2) is 9.59 Å². The van der Waals surface area contributed by atoms with E-state index in [1.807, 2.05) is 0 Å². The number of nitrogens with one attached hydrogen (secondary N) is 1. The number of amides is 4. The highest BCUT2D eigenvalue weighted by molar-refractivity contribution is 6.38. The van der Waals surface area contributed by atoms with Gasteiger partial charge >= 0.3 is 35.8 Å². The van der Waals surface area contributed by atoms with Gasteiger partial charge in [-0.15, -0.1) is 0 Å². The standard InChI is InChI=1S/C19H21N3O9/c1-4-21-7-8-22(17(26)16(21)25)19(29)20-15(18(27)28)12-5-6-13(30-10(2)23)14(9-12)31-11(3)24/h5-6,9,15H,4,7-8H2,1-3H3,(H,20,29)(H,27,28)/t15-/m1/s1. The van der Waals surface area contributed by atoms with E-state index in [1.165, 1.54) is 17.0 Å². The fourth-order valence-corrected chi connectivity index (χ4v) is 2.84. The molecule has 1 aliphatic heterocycles. The first-order chi connectivity index (χ1) is 14.5. The van der Waals surface area contributed by atoms with E-state index >= 15 is 0 Å². The maximum Gasteiger partial charge on any atom is 0.330 e. The summed E-state index contributed by atoms with van der Waals surface area (Å²) in [5.74, 6) is -5.22. The monoisotopic (exact) mass is 435 g/mol. The molecule has 1 heterocycles. The average Bonchev–Trinajstić information content (AvgIpc) is 2.68. The van der Waals surface area contributed by atoms with Gasteiger partial charge in [0, 0.05) is 33.5 Å². The van der Waals surface area contributed by atoms with Crippen LogP contribution in [0.15, 0.2) is 18.2 Å². The number of urea groups is 1. The molecule has 31 heavy (non-hydrogen) atoms. The number of benzene rings is 1. The van der Waals surface area contributed by atoms with Crippen LogP contribution in [0.3, 0.4) is 0 Å². The van der Waals surface area contributed by atoms with Crippen molar-refractivity contribution < 1.29 is 43.3 Å². The Morgan fingerprint density at radius 2 is 1.65 bits per heavy atom. The van der Waals surface area contributed by atoms with Crippen LogP contribution in [0.5, 0.6) is 11.5 Å². The Hall–Kier alpha value is -3.96. The number of aliphatic carboxylic acids is 1.